The highest BCUT2D eigenvalue weighted by Gasteiger charge is 2.57. The Morgan fingerprint density at radius 3 is 2.50 bits per heavy atom. The molecular weight excluding hydrogens is 397 g/mol. The number of fused-ring (bicyclic) bond motifs is 1. The molecular formula is C18H29F3N2O4S. The number of alkyl halides is 3. The smallest absolute Gasteiger partial charge is 0.388 e. The Morgan fingerprint density at radius 1 is 1.21 bits per heavy atom. The second kappa shape index (κ2) is 9.07. The van der Waals surface area contributed by atoms with Gasteiger partial charge in [0, 0.05) is 20.7 Å². The molecule has 0 aromatic rings. The summed E-state index contributed by atoms with van der Waals surface area (Å²) in [6.07, 6.45) is -5.85. The maximum absolute atomic E-state index is 13.7. The third-order valence-electron chi connectivity index (χ3n) is 5.64. The molecule has 0 spiro atoms. The lowest BCUT2D eigenvalue weighted by molar-refractivity contribution is -0.284. The van der Waals surface area contributed by atoms with Crippen molar-refractivity contribution in [2.45, 2.75) is 80.6 Å². The van der Waals surface area contributed by atoms with Gasteiger partial charge in [0.15, 0.2) is 11.3 Å². The molecule has 6 atom stereocenters. The van der Waals surface area contributed by atoms with Crippen LogP contribution in [0.4, 0.5) is 13.2 Å². The van der Waals surface area contributed by atoms with E-state index in [1.165, 1.54) is 6.42 Å². The van der Waals surface area contributed by atoms with Crippen molar-refractivity contribution in [2.24, 2.45) is 10.9 Å². The highest BCUT2D eigenvalue weighted by atomic mass is 32.2. The number of nitrogens with zero attached hydrogens (tertiary/aromatic N) is 2. The van der Waals surface area contributed by atoms with Gasteiger partial charge >= 0.3 is 6.18 Å². The topological polar surface area (TPSA) is 74.5 Å². The van der Waals surface area contributed by atoms with E-state index >= 15 is 0 Å². The van der Waals surface area contributed by atoms with Crippen LogP contribution < -0.4 is 0 Å². The zero-order valence-corrected chi connectivity index (χ0v) is 17.0. The van der Waals surface area contributed by atoms with Gasteiger partial charge in [0.1, 0.15) is 29.8 Å². The highest BCUT2D eigenvalue weighted by Crippen LogP contribution is 2.41. The summed E-state index contributed by atoms with van der Waals surface area (Å²) < 4.78 is 51.8. The van der Waals surface area contributed by atoms with Crippen molar-refractivity contribution < 1.29 is 32.9 Å². The van der Waals surface area contributed by atoms with Crippen LogP contribution in [0.25, 0.3) is 0 Å². The highest BCUT2D eigenvalue weighted by molar-refractivity contribution is 8.14. The molecule has 1 aliphatic carbocycles. The maximum Gasteiger partial charge on any atom is 0.417 e. The van der Waals surface area contributed by atoms with E-state index < -0.39 is 42.1 Å². The fraction of sp³-hybridized carbons (Fsp3) is 0.944. The third-order valence-corrected chi connectivity index (χ3v) is 6.94. The summed E-state index contributed by atoms with van der Waals surface area (Å²) in [6, 6.07) is -0.801. The van der Waals surface area contributed by atoms with Crippen LogP contribution in [-0.4, -0.2) is 83.1 Å². The molecule has 0 unspecified atom stereocenters. The number of thioether (sulfide) groups is 1. The largest absolute Gasteiger partial charge is 0.417 e. The summed E-state index contributed by atoms with van der Waals surface area (Å²) in [5.74, 6) is 0.385. The van der Waals surface area contributed by atoms with Crippen LogP contribution >= 0.6 is 11.8 Å². The van der Waals surface area contributed by atoms with Crippen LogP contribution in [0.2, 0.25) is 0 Å². The summed E-state index contributed by atoms with van der Waals surface area (Å²) >= 11 is 1.15. The van der Waals surface area contributed by atoms with Crippen LogP contribution in [0, 0.1) is 5.92 Å². The minimum absolute atomic E-state index is 0.0434. The van der Waals surface area contributed by atoms with Crippen molar-refractivity contribution in [3.05, 3.63) is 0 Å². The fourth-order valence-electron chi connectivity index (χ4n) is 4.05. The summed E-state index contributed by atoms with van der Waals surface area (Å²) in [4.78, 5) is 5.97. The van der Waals surface area contributed by atoms with Crippen LogP contribution in [0.1, 0.15) is 38.5 Å². The first-order valence-electron chi connectivity index (χ1n) is 9.80. The second-order valence-electron chi connectivity index (χ2n) is 7.99. The Balaban J connectivity index is 1.65. The molecule has 2 fully saturated rings. The Hall–Kier alpha value is -0.550. The van der Waals surface area contributed by atoms with Gasteiger partial charge in [0.25, 0.3) is 0 Å². The van der Waals surface area contributed by atoms with Crippen LogP contribution in [0.3, 0.4) is 0 Å². The normalized spacial score (nSPS) is 35.4. The Kier molecular flexibility index (Phi) is 7.18. The first-order valence-corrected chi connectivity index (χ1v) is 10.7. The lowest BCUT2D eigenvalue weighted by atomic mass is 9.87. The standard InChI is InChI=1S/C18H29F3N2O4S/c1-23(2)17-22-11-12(24)13(25)14(27-16(11)28-17)15(18(19,20)21)26-9-8-10-6-4-3-5-7-10/h10-16,24-25H,3-9H2,1-2H3/t11-,12-,13+,14+,15-,16-/m1/s1. The molecule has 3 rings (SSSR count). The van der Waals surface area contributed by atoms with Crippen molar-refractivity contribution in [1.82, 2.24) is 4.90 Å². The van der Waals surface area contributed by atoms with Gasteiger partial charge in [-0.1, -0.05) is 43.9 Å². The molecule has 0 bridgehead atoms. The number of amidine groups is 1. The van der Waals surface area contributed by atoms with Crippen molar-refractivity contribution in [2.75, 3.05) is 20.7 Å². The molecule has 10 heteroatoms. The number of aliphatic imine (C=N–C) groups is 1. The molecule has 2 aliphatic heterocycles. The van der Waals surface area contributed by atoms with Gasteiger partial charge in [-0.15, -0.1) is 0 Å². The number of rotatable bonds is 5. The van der Waals surface area contributed by atoms with Crippen LogP contribution in [0.15, 0.2) is 4.99 Å². The molecule has 3 aliphatic rings. The molecule has 6 nitrogen and oxygen atoms in total. The van der Waals surface area contributed by atoms with Gasteiger partial charge in [-0.3, -0.25) is 4.99 Å². The molecule has 0 aromatic heterocycles. The number of halogens is 3. The average Bonchev–Trinajstić information content (AvgIpc) is 3.07. The second-order valence-corrected chi connectivity index (χ2v) is 9.06. The molecule has 1 saturated heterocycles. The van der Waals surface area contributed by atoms with Crippen molar-refractivity contribution in [3.8, 4) is 0 Å². The Labute approximate surface area is 167 Å². The fourth-order valence-corrected chi connectivity index (χ4v) is 5.20. The van der Waals surface area contributed by atoms with Crippen molar-refractivity contribution >= 4 is 16.9 Å². The molecule has 1 saturated carbocycles. The summed E-state index contributed by atoms with van der Waals surface area (Å²) in [7, 11) is 3.49. The predicted molar refractivity (Wildman–Crippen MR) is 100 cm³/mol. The van der Waals surface area contributed by atoms with Crippen molar-refractivity contribution in [3.63, 3.8) is 0 Å². The van der Waals surface area contributed by atoms with Gasteiger partial charge in [-0.05, 0) is 12.3 Å². The van der Waals surface area contributed by atoms with E-state index in [-0.39, 0.29) is 6.61 Å². The first-order chi connectivity index (χ1) is 13.2. The van der Waals surface area contributed by atoms with Crippen LogP contribution in [-0.2, 0) is 9.47 Å². The SMILES string of the molecule is CN(C)C1=N[C@@H]2[C@@H](O)[C@H](O)[C@@H]([C@@H](OCCC3CCCCC3)C(F)(F)F)O[C@@H]2S1. The minimum Gasteiger partial charge on any atom is -0.388 e. The molecule has 0 amide bonds. The lowest BCUT2D eigenvalue weighted by Crippen LogP contribution is -2.61. The van der Waals surface area contributed by atoms with Gasteiger partial charge in [-0.25, -0.2) is 0 Å². The lowest BCUT2D eigenvalue weighted by Gasteiger charge is -2.41. The predicted octanol–water partition coefficient (Wildman–Crippen LogP) is 2.38. The number of aliphatic hydroxyl groups is 2. The Bertz CT molecular complexity index is 557. The van der Waals surface area contributed by atoms with Gasteiger partial charge in [0.05, 0.1) is 0 Å². The molecule has 2 N–H and O–H groups in total. The molecule has 2 heterocycles. The maximum atomic E-state index is 13.7. The molecule has 0 aromatic carbocycles. The summed E-state index contributed by atoms with van der Waals surface area (Å²) in [5, 5.41) is 21.3. The van der Waals surface area contributed by atoms with E-state index in [0.717, 1.165) is 37.4 Å². The average molecular weight is 427 g/mol. The zero-order valence-electron chi connectivity index (χ0n) is 16.1. The van der Waals surface area contributed by atoms with Gasteiger partial charge in [0.2, 0.25) is 0 Å². The third kappa shape index (κ3) is 4.95. The molecule has 28 heavy (non-hydrogen) atoms. The van der Waals surface area contributed by atoms with E-state index in [1.54, 1.807) is 19.0 Å². The number of hydrogen-bond acceptors (Lipinski definition) is 7. The van der Waals surface area contributed by atoms with E-state index in [0.29, 0.717) is 17.5 Å². The van der Waals surface area contributed by atoms with E-state index in [2.05, 4.69) is 4.99 Å². The number of hydrogen-bond donors (Lipinski definition) is 2. The molecule has 0 radical (unpaired) electrons. The van der Waals surface area contributed by atoms with Gasteiger partial charge in [-0.2, -0.15) is 13.2 Å². The van der Waals surface area contributed by atoms with E-state index in [1.807, 2.05) is 0 Å². The van der Waals surface area contributed by atoms with E-state index in [9.17, 15) is 23.4 Å². The summed E-state index contributed by atoms with van der Waals surface area (Å²) in [5.41, 5.74) is -0.785. The quantitative estimate of drug-likeness (QED) is 0.703. The van der Waals surface area contributed by atoms with Crippen LogP contribution in [0.5, 0.6) is 0 Å². The molecule has 162 valence electrons. The number of ether oxygens (including phenoxy) is 2. The minimum atomic E-state index is -4.71. The van der Waals surface area contributed by atoms with Gasteiger partial charge < -0.3 is 24.6 Å². The Morgan fingerprint density at radius 2 is 1.89 bits per heavy atom. The van der Waals surface area contributed by atoms with Crippen molar-refractivity contribution in [1.29, 1.82) is 0 Å². The van der Waals surface area contributed by atoms with E-state index in [4.69, 9.17) is 9.47 Å². The summed E-state index contributed by atoms with van der Waals surface area (Å²) in [6.45, 7) is -0.0434. The monoisotopic (exact) mass is 426 g/mol. The zero-order chi connectivity index (χ0) is 20.5. The number of aliphatic hydroxyl groups excluding tert-OH is 2. The first kappa shape index (κ1) is 22.1.